The molecule has 32 heavy (non-hydrogen) atoms. The molecule has 2 aliphatic carbocycles. The standard InChI is InChI=1S/C27H42N2O3/c30-21-24(25(31)28-23-17-11-6-4-2-1-3-5-7-12-18-23)29-26(32)27(19-13-14-20-27)22-15-9-8-10-16-22/h8-10,15-16,23-24,30H,1-7,11-14,17-21H2,(H,28,31)(H,29,32). The highest BCUT2D eigenvalue weighted by molar-refractivity contribution is 5.93. The number of aliphatic hydroxyl groups is 1. The largest absolute Gasteiger partial charge is 0.394 e. The van der Waals surface area contributed by atoms with Crippen molar-refractivity contribution in [3.05, 3.63) is 35.9 Å². The van der Waals surface area contributed by atoms with Crippen molar-refractivity contribution in [2.45, 2.75) is 114 Å². The number of carbonyl (C=O) groups is 2. The molecule has 178 valence electrons. The summed E-state index contributed by atoms with van der Waals surface area (Å²) in [7, 11) is 0. The highest BCUT2D eigenvalue weighted by Crippen LogP contribution is 2.41. The first kappa shape index (κ1) is 24.8. The lowest BCUT2D eigenvalue weighted by molar-refractivity contribution is -0.133. The first-order valence-corrected chi connectivity index (χ1v) is 12.9. The monoisotopic (exact) mass is 442 g/mol. The van der Waals surface area contributed by atoms with Crippen molar-refractivity contribution in [3.8, 4) is 0 Å². The molecule has 3 rings (SSSR count). The quantitative estimate of drug-likeness (QED) is 0.594. The molecule has 1 aromatic carbocycles. The van der Waals surface area contributed by atoms with E-state index in [1.807, 2.05) is 30.3 Å². The molecule has 2 amide bonds. The number of aliphatic hydroxyl groups excluding tert-OH is 1. The fourth-order valence-electron chi connectivity index (χ4n) is 5.48. The lowest BCUT2D eigenvalue weighted by Crippen LogP contribution is -2.55. The maximum atomic E-state index is 13.4. The minimum atomic E-state index is -0.898. The van der Waals surface area contributed by atoms with Gasteiger partial charge in [-0.25, -0.2) is 0 Å². The normalized spacial score (nSPS) is 21.7. The number of amides is 2. The Kier molecular flexibility index (Phi) is 10.0. The van der Waals surface area contributed by atoms with E-state index in [0.29, 0.717) is 0 Å². The second-order valence-electron chi connectivity index (χ2n) is 9.83. The van der Waals surface area contributed by atoms with E-state index in [9.17, 15) is 14.7 Å². The van der Waals surface area contributed by atoms with Crippen LogP contribution < -0.4 is 10.6 Å². The lowest BCUT2D eigenvalue weighted by Gasteiger charge is -2.31. The van der Waals surface area contributed by atoms with Gasteiger partial charge < -0.3 is 15.7 Å². The molecular weight excluding hydrogens is 400 g/mol. The molecule has 0 spiro atoms. The van der Waals surface area contributed by atoms with E-state index >= 15 is 0 Å². The first-order chi connectivity index (χ1) is 15.7. The Labute approximate surface area is 193 Å². The third-order valence-corrected chi connectivity index (χ3v) is 7.47. The molecule has 5 nitrogen and oxygen atoms in total. The molecule has 1 unspecified atom stereocenters. The third kappa shape index (κ3) is 6.81. The maximum absolute atomic E-state index is 13.4. The first-order valence-electron chi connectivity index (χ1n) is 12.9. The zero-order chi connectivity index (χ0) is 22.7. The third-order valence-electron chi connectivity index (χ3n) is 7.47. The topological polar surface area (TPSA) is 78.4 Å². The lowest BCUT2D eigenvalue weighted by atomic mass is 9.78. The van der Waals surface area contributed by atoms with Crippen LogP contribution in [0.2, 0.25) is 0 Å². The van der Waals surface area contributed by atoms with Crippen LogP contribution in [0.1, 0.15) is 102 Å². The van der Waals surface area contributed by atoms with Gasteiger partial charge in [-0.1, -0.05) is 101 Å². The van der Waals surface area contributed by atoms with Crippen molar-refractivity contribution in [1.29, 1.82) is 0 Å². The summed E-state index contributed by atoms with van der Waals surface area (Å²) in [5.41, 5.74) is 0.411. The van der Waals surface area contributed by atoms with E-state index < -0.39 is 11.5 Å². The number of hydrogen-bond donors (Lipinski definition) is 3. The van der Waals surface area contributed by atoms with Gasteiger partial charge in [0, 0.05) is 6.04 Å². The average Bonchev–Trinajstić information content (AvgIpc) is 3.31. The highest BCUT2D eigenvalue weighted by atomic mass is 16.3. The number of carbonyl (C=O) groups excluding carboxylic acids is 2. The molecule has 2 fully saturated rings. The maximum Gasteiger partial charge on any atom is 0.245 e. The second kappa shape index (κ2) is 13.0. The summed E-state index contributed by atoms with van der Waals surface area (Å²) in [6, 6.07) is 9.11. The fraction of sp³-hybridized carbons (Fsp3) is 0.704. The van der Waals surface area contributed by atoms with Gasteiger partial charge in [-0.3, -0.25) is 9.59 Å². The summed E-state index contributed by atoms with van der Waals surface area (Å²) in [4.78, 5) is 26.4. The van der Waals surface area contributed by atoms with E-state index in [4.69, 9.17) is 0 Å². The van der Waals surface area contributed by atoms with Gasteiger partial charge in [-0.05, 0) is 31.2 Å². The second-order valence-corrected chi connectivity index (χ2v) is 9.83. The van der Waals surface area contributed by atoms with Gasteiger partial charge in [0.25, 0.3) is 0 Å². The van der Waals surface area contributed by atoms with Crippen LogP contribution in [0.25, 0.3) is 0 Å². The van der Waals surface area contributed by atoms with Crippen molar-refractivity contribution in [1.82, 2.24) is 10.6 Å². The van der Waals surface area contributed by atoms with Crippen LogP contribution in [0.15, 0.2) is 30.3 Å². The zero-order valence-corrected chi connectivity index (χ0v) is 19.6. The Morgan fingerprint density at radius 3 is 1.91 bits per heavy atom. The van der Waals surface area contributed by atoms with E-state index in [0.717, 1.165) is 56.9 Å². The molecule has 0 saturated heterocycles. The Morgan fingerprint density at radius 2 is 1.38 bits per heavy atom. The number of rotatable bonds is 6. The van der Waals surface area contributed by atoms with Crippen LogP contribution in [0.3, 0.4) is 0 Å². The predicted molar refractivity (Wildman–Crippen MR) is 128 cm³/mol. The summed E-state index contributed by atoms with van der Waals surface area (Å²) in [5, 5.41) is 16.0. The fourth-order valence-corrected chi connectivity index (χ4v) is 5.48. The van der Waals surface area contributed by atoms with Crippen LogP contribution in [0.4, 0.5) is 0 Å². The van der Waals surface area contributed by atoms with Gasteiger partial charge in [-0.15, -0.1) is 0 Å². The number of hydrogen-bond acceptors (Lipinski definition) is 3. The molecule has 0 bridgehead atoms. The van der Waals surface area contributed by atoms with Gasteiger partial charge >= 0.3 is 0 Å². The van der Waals surface area contributed by atoms with E-state index in [1.54, 1.807) is 0 Å². The minimum Gasteiger partial charge on any atom is -0.394 e. The van der Waals surface area contributed by atoms with Crippen LogP contribution >= 0.6 is 0 Å². The molecule has 1 aromatic rings. The number of nitrogens with one attached hydrogen (secondary N) is 2. The Bertz CT molecular complexity index is 688. The molecule has 2 saturated carbocycles. The molecule has 5 heteroatoms. The molecular formula is C27H42N2O3. The zero-order valence-electron chi connectivity index (χ0n) is 19.6. The van der Waals surface area contributed by atoms with Gasteiger partial charge in [0.05, 0.1) is 12.0 Å². The van der Waals surface area contributed by atoms with E-state index in [2.05, 4.69) is 10.6 Å². The van der Waals surface area contributed by atoms with E-state index in [-0.39, 0.29) is 24.5 Å². The summed E-state index contributed by atoms with van der Waals surface area (Å²) in [6.07, 6.45) is 16.7. The smallest absolute Gasteiger partial charge is 0.245 e. The van der Waals surface area contributed by atoms with Crippen LogP contribution in [0.5, 0.6) is 0 Å². The summed E-state index contributed by atoms with van der Waals surface area (Å²) >= 11 is 0. The predicted octanol–water partition coefficient (Wildman–Crippen LogP) is 4.77. The van der Waals surface area contributed by atoms with Gasteiger partial charge in [-0.2, -0.15) is 0 Å². The Balaban J connectivity index is 1.60. The average molecular weight is 443 g/mol. The molecule has 2 aliphatic rings. The van der Waals surface area contributed by atoms with Crippen LogP contribution in [-0.4, -0.2) is 35.6 Å². The minimum absolute atomic E-state index is 0.127. The molecule has 3 N–H and O–H groups in total. The summed E-state index contributed by atoms with van der Waals surface area (Å²) in [6.45, 7) is -0.380. The van der Waals surface area contributed by atoms with Crippen molar-refractivity contribution in [2.75, 3.05) is 6.61 Å². The summed E-state index contributed by atoms with van der Waals surface area (Å²) in [5.74, 6) is -0.381. The Morgan fingerprint density at radius 1 is 0.844 bits per heavy atom. The number of benzene rings is 1. The SMILES string of the molecule is O=C(NC1CCCCCCCCCCC1)C(CO)NC(=O)C1(c2ccccc2)CCCC1. The molecule has 0 aliphatic heterocycles. The van der Waals surface area contributed by atoms with Gasteiger partial charge in [0.15, 0.2) is 0 Å². The van der Waals surface area contributed by atoms with Gasteiger partial charge in [0.2, 0.25) is 11.8 Å². The van der Waals surface area contributed by atoms with Gasteiger partial charge in [0.1, 0.15) is 6.04 Å². The van der Waals surface area contributed by atoms with Crippen LogP contribution in [-0.2, 0) is 15.0 Å². The Hall–Kier alpha value is -1.88. The van der Waals surface area contributed by atoms with Crippen LogP contribution in [0, 0.1) is 0 Å². The van der Waals surface area contributed by atoms with Crippen molar-refractivity contribution < 1.29 is 14.7 Å². The van der Waals surface area contributed by atoms with Crippen molar-refractivity contribution >= 4 is 11.8 Å². The molecule has 0 aromatic heterocycles. The molecule has 0 radical (unpaired) electrons. The molecule has 0 heterocycles. The van der Waals surface area contributed by atoms with Crippen molar-refractivity contribution in [2.24, 2.45) is 0 Å². The molecule has 1 atom stereocenters. The van der Waals surface area contributed by atoms with E-state index in [1.165, 1.54) is 44.9 Å². The highest BCUT2D eigenvalue weighted by Gasteiger charge is 2.43. The van der Waals surface area contributed by atoms with Crippen molar-refractivity contribution in [3.63, 3.8) is 0 Å². The summed E-state index contributed by atoms with van der Waals surface area (Å²) < 4.78 is 0.